The molecule has 1 fully saturated rings. The number of nitrogens with one attached hydrogen (secondary N) is 1. The van der Waals surface area contributed by atoms with E-state index < -0.39 is 0 Å². The lowest BCUT2D eigenvalue weighted by Crippen LogP contribution is -2.36. The predicted octanol–water partition coefficient (Wildman–Crippen LogP) is 6.47. The number of ether oxygens (including phenoxy) is 1. The number of imidazole rings is 1. The van der Waals surface area contributed by atoms with Gasteiger partial charge in [-0.2, -0.15) is 0 Å². The highest BCUT2D eigenvalue weighted by atomic mass is 16.5. The number of carbonyl (C=O) groups is 1. The van der Waals surface area contributed by atoms with Gasteiger partial charge in [-0.3, -0.25) is 9.78 Å². The molecule has 0 amide bonds. The van der Waals surface area contributed by atoms with Gasteiger partial charge >= 0.3 is 0 Å². The van der Waals surface area contributed by atoms with E-state index in [0.29, 0.717) is 23.8 Å². The summed E-state index contributed by atoms with van der Waals surface area (Å²) in [5, 5.41) is 3.45. The Morgan fingerprint density at radius 2 is 1.87 bits per heavy atom. The number of pyridine rings is 1. The molecule has 2 aromatic heterocycles. The van der Waals surface area contributed by atoms with Gasteiger partial charge in [0.2, 0.25) is 5.95 Å². The van der Waals surface area contributed by atoms with Gasteiger partial charge in [0.1, 0.15) is 17.3 Å². The van der Waals surface area contributed by atoms with Crippen molar-refractivity contribution >= 4 is 28.5 Å². The van der Waals surface area contributed by atoms with Gasteiger partial charge in [0.05, 0.1) is 16.7 Å². The molecule has 1 N–H and O–H groups in total. The van der Waals surface area contributed by atoms with Crippen molar-refractivity contribution in [3.63, 3.8) is 0 Å². The number of hydrogen-bond donors (Lipinski definition) is 1. The van der Waals surface area contributed by atoms with E-state index in [1.165, 1.54) is 5.56 Å². The Morgan fingerprint density at radius 1 is 1.08 bits per heavy atom. The lowest BCUT2D eigenvalue weighted by molar-refractivity contribution is -0.123. The lowest BCUT2D eigenvalue weighted by atomic mass is 9.90. The number of rotatable bonds is 9. The average Bonchev–Trinajstić information content (AvgIpc) is 3.23. The quantitative estimate of drug-likeness (QED) is 0.278. The molecule has 0 saturated carbocycles. The van der Waals surface area contributed by atoms with Gasteiger partial charge in [-0.15, -0.1) is 0 Å². The number of Topliss-reactive ketones (excluding diaryl/α,β-unsaturated/α-hetero) is 1. The second-order valence-electron chi connectivity index (χ2n) is 10.5. The number of ketones is 1. The van der Waals surface area contributed by atoms with Crippen molar-refractivity contribution in [3.05, 3.63) is 72.1 Å². The summed E-state index contributed by atoms with van der Waals surface area (Å²) in [4.78, 5) is 24.5. The summed E-state index contributed by atoms with van der Waals surface area (Å²) in [7, 11) is 2.00. The van der Waals surface area contributed by atoms with E-state index in [2.05, 4.69) is 60.2 Å². The van der Waals surface area contributed by atoms with Crippen LogP contribution in [-0.2, 0) is 18.3 Å². The Bertz CT molecular complexity index is 1420. The Balaban J connectivity index is 1.27. The largest absolute Gasteiger partial charge is 0.457 e. The summed E-state index contributed by atoms with van der Waals surface area (Å²) < 4.78 is 8.21. The Labute approximate surface area is 224 Å². The number of aromatic nitrogens is 3. The zero-order valence-electron chi connectivity index (χ0n) is 22.8. The number of aryl methyl sites for hydroxylation is 1. The summed E-state index contributed by atoms with van der Waals surface area (Å²) in [5.74, 6) is 3.00. The molecule has 4 aromatic rings. The number of piperidine rings is 1. The fraction of sp³-hybridized carbons (Fsp3) is 0.387. The van der Waals surface area contributed by atoms with Crippen LogP contribution in [0.25, 0.3) is 11.0 Å². The van der Waals surface area contributed by atoms with E-state index >= 15 is 0 Å². The first kappa shape index (κ1) is 25.9. The molecule has 38 heavy (non-hydrogen) atoms. The Kier molecular flexibility index (Phi) is 7.74. The molecule has 1 saturated heterocycles. The molecule has 7 heteroatoms. The van der Waals surface area contributed by atoms with Crippen molar-refractivity contribution in [1.29, 1.82) is 0 Å². The number of anilines is 2. The number of hydrogen-bond acceptors (Lipinski definition) is 6. The van der Waals surface area contributed by atoms with Gasteiger partial charge in [-0.05, 0) is 74.3 Å². The fourth-order valence-electron chi connectivity index (χ4n) is 5.11. The van der Waals surface area contributed by atoms with E-state index in [0.717, 1.165) is 60.8 Å². The highest BCUT2D eigenvalue weighted by Gasteiger charge is 2.24. The molecular weight excluding hydrogens is 474 g/mol. The summed E-state index contributed by atoms with van der Waals surface area (Å²) in [6, 6.07) is 18.0. The minimum absolute atomic E-state index is 0.131. The molecule has 0 aliphatic carbocycles. The number of nitrogens with zero attached hydrogens (tertiary/aromatic N) is 4. The maximum Gasteiger partial charge on any atom is 0.208 e. The molecule has 5 rings (SSSR count). The van der Waals surface area contributed by atoms with Gasteiger partial charge in [0.25, 0.3) is 0 Å². The number of benzene rings is 2. The summed E-state index contributed by atoms with van der Waals surface area (Å²) in [5.41, 5.74) is 4.90. The molecule has 198 valence electrons. The van der Waals surface area contributed by atoms with Crippen LogP contribution >= 0.6 is 0 Å². The van der Waals surface area contributed by atoms with Crippen LogP contribution in [0.3, 0.4) is 0 Å². The maximum absolute atomic E-state index is 12.9. The van der Waals surface area contributed by atoms with Gasteiger partial charge in [0.15, 0.2) is 0 Å². The SMILES string of the molecule is CCN1CCC(C(=O)Cc2cc(Oc3ccc4c(c3)nc(Nc3cccc(C(C)C)c3)n4C)ccn2)CC1. The molecule has 0 atom stereocenters. The van der Waals surface area contributed by atoms with Crippen molar-refractivity contribution in [2.75, 3.05) is 25.0 Å². The summed E-state index contributed by atoms with van der Waals surface area (Å²) >= 11 is 0. The summed E-state index contributed by atoms with van der Waals surface area (Å²) in [6.45, 7) is 9.61. The van der Waals surface area contributed by atoms with Crippen LogP contribution in [0, 0.1) is 5.92 Å². The molecule has 7 nitrogen and oxygen atoms in total. The molecule has 1 aliphatic rings. The smallest absolute Gasteiger partial charge is 0.208 e. The summed E-state index contributed by atoms with van der Waals surface area (Å²) in [6.07, 6.45) is 3.93. The fourth-order valence-corrected chi connectivity index (χ4v) is 5.11. The van der Waals surface area contributed by atoms with Crippen molar-refractivity contribution in [2.45, 2.75) is 46.0 Å². The Hall–Kier alpha value is -3.71. The molecule has 2 aromatic carbocycles. The van der Waals surface area contributed by atoms with Crippen molar-refractivity contribution in [1.82, 2.24) is 19.4 Å². The highest BCUT2D eigenvalue weighted by Crippen LogP contribution is 2.29. The van der Waals surface area contributed by atoms with Gasteiger partial charge in [-0.25, -0.2) is 4.98 Å². The van der Waals surface area contributed by atoms with E-state index in [1.54, 1.807) is 6.20 Å². The van der Waals surface area contributed by atoms with Crippen LogP contribution in [0.4, 0.5) is 11.6 Å². The third-order valence-electron chi connectivity index (χ3n) is 7.53. The molecular formula is C31H37N5O2. The second-order valence-corrected chi connectivity index (χ2v) is 10.5. The standard InChI is InChI=1S/C31H37N5O2/c1-5-36-15-12-22(13-16-36)30(37)19-25-18-27(11-14-32-25)38-26-9-10-29-28(20-26)34-31(35(29)4)33-24-8-6-7-23(17-24)21(2)3/h6-11,14,17-18,20-22H,5,12-13,15-16,19H2,1-4H3,(H,33,34). The Morgan fingerprint density at radius 3 is 2.63 bits per heavy atom. The van der Waals surface area contributed by atoms with E-state index in [4.69, 9.17) is 9.72 Å². The van der Waals surface area contributed by atoms with Crippen molar-refractivity contribution < 1.29 is 9.53 Å². The maximum atomic E-state index is 12.9. The monoisotopic (exact) mass is 511 g/mol. The van der Waals surface area contributed by atoms with E-state index in [-0.39, 0.29) is 11.7 Å². The molecule has 0 radical (unpaired) electrons. The molecule has 1 aliphatic heterocycles. The highest BCUT2D eigenvalue weighted by molar-refractivity contribution is 5.83. The van der Waals surface area contributed by atoms with Crippen LogP contribution in [0.2, 0.25) is 0 Å². The van der Waals surface area contributed by atoms with Gasteiger partial charge in [0, 0.05) is 43.4 Å². The average molecular weight is 512 g/mol. The van der Waals surface area contributed by atoms with E-state index in [9.17, 15) is 4.79 Å². The van der Waals surface area contributed by atoms with Gasteiger partial charge in [-0.1, -0.05) is 32.9 Å². The number of likely N-dealkylation sites (tertiary alicyclic amines) is 1. The van der Waals surface area contributed by atoms with Crippen LogP contribution < -0.4 is 10.1 Å². The molecule has 0 spiro atoms. The second kappa shape index (κ2) is 11.4. The molecule has 0 unspecified atom stereocenters. The minimum Gasteiger partial charge on any atom is -0.457 e. The number of fused-ring (bicyclic) bond motifs is 1. The predicted molar refractivity (Wildman–Crippen MR) is 152 cm³/mol. The zero-order valence-corrected chi connectivity index (χ0v) is 22.8. The third-order valence-corrected chi connectivity index (χ3v) is 7.53. The first-order valence-electron chi connectivity index (χ1n) is 13.6. The minimum atomic E-state index is 0.131. The van der Waals surface area contributed by atoms with Crippen LogP contribution in [0.1, 0.15) is 50.8 Å². The van der Waals surface area contributed by atoms with Gasteiger partial charge < -0.3 is 19.5 Å². The number of carbonyl (C=O) groups excluding carboxylic acids is 1. The molecule has 3 heterocycles. The van der Waals surface area contributed by atoms with Crippen molar-refractivity contribution in [2.24, 2.45) is 13.0 Å². The van der Waals surface area contributed by atoms with E-state index in [1.807, 2.05) is 41.9 Å². The molecule has 0 bridgehead atoms. The van der Waals surface area contributed by atoms with Crippen LogP contribution in [0.15, 0.2) is 60.8 Å². The first-order chi connectivity index (χ1) is 18.4. The van der Waals surface area contributed by atoms with Crippen molar-refractivity contribution in [3.8, 4) is 11.5 Å². The van der Waals surface area contributed by atoms with Crippen LogP contribution in [0.5, 0.6) is 11.5 Å². The topological polar surface area (TPSA) is 72.3 Å². The third kappa shape index (κ3) is 5.89. The van der Waals surface area contributed by atoms with Crippen LogP contribution in [-0.4, -0.2) is 44.9 Å². The zero-order chi connectivity index (χ0) is 26.6. The lowest BCUT2D eigenvalue weighted by Gasteiger charge is -2.30. The normalized spacial score (nSPS) is 14.8. The first-order valence-corrected chi connectivity index (χ1v) is 13.6.